The first-order chi connectivity index (χ1) is 13.7. The minimum absolute atomic E-state index is 0.00665. The van der Waals surface area contributed by atoms with E-state index in [-0.39, 0.29) is 5.56 Å². The molecule has 0 unspecified atom stereocenters. The van der Waals surface area contributed by atoms with Crippen LogP contribution in [0.3, 0.4) is 0 Å². The van der Waals surface area contributed by atoms with Crippen molar-refractivity contribution in [1.82, 2.24) is 14.3 Å². The number of fused-ring (bicyclic) bond motifs is 1. The van der Waals surface area contributed by atoms with E-state index in [9.17, 15) is 22.8 Å². The third-order valence-electron chi connectivity index (χ3n) is 4.86. The number of hydrogen-bond acceptors (Lipinski definition) is 5. The molecule has 29 heavy (non-hydrogen) atoms. The molecule has 10 heteroatoms. The van der Waals surface area contributed by atoms with Crippen molar-refractivity contribution < 1.29 is 18.0 Å². The second-order valence-corrected chi connectivity index (χ2v) is 8.01. The Morgan fingerprint density at radius 2 is 1.90 bits per heavy atom. The SMILES string of the molecule is Cc1cn2c(=O)c(C(=O)N3CCN(c4cccc(C(F)(F)F)c4)CC3)cnc2s1. The maximum absolute atomic E-state index is 12.9. The maximum atomic E-state index is 12.9. The van der Waals surface area contributed by atoms with Gasteiger partial charge in [-0.2, -0.15) is 13.2 Å². The number of hydrogen-bond donors (Lipinski definition) is 0. The van der Waals surface area contributed by atoms with Gasteiger partial charge in [-0.05, 0) is 25.1 Å². The third kappa shape index (κ3) is 3.71. The molecule has 1 aromatic carbocycles. The average molecular weight is 422 g/mol. The van der Waals surface area contributed by atoms with E-state index >= 15 is 0 Å². The highest BCUT2D eigenvalue weighted by atomic mass is 32.1. The van der Waals surface area contributed by atoms with Crippen molar-refractivity contribution in [2.45, 2.75) is 13.1 Å². The molecule has 0 N–H and O–H groups in total. The predicted octanol–water partition coefficient (Wildman–Crippen LogP) is 3.05. The summed E-state index contributed by atoms with van der Waals surface area (Å²) in [6.07, 6.45) is -1.45. The van der Waals surface area contributed by atoms with Crippen molar-refractivity contribution in [2.75, 3.05) is 31.1 Å². The van der Waals surface area contributed by atoms with E-state index in [0.29, 0.717) is 36.8 Å². The summed E-state index contributed by atoms with van der Waals surface area (Å²) in [6.45, 7) is 3.22. The number of benzene rings is 1. The summed E-state index contributed by atoms with van der Waals surface area (Å²) in [6, 6.07) is 5.14. The molecule has 0 spiro atoms. The normalized spacial score (nSPS) is 15.2. The van der Waals surface area contributed by atoms with E-state index in [1.54, 1.807) is 17.2 Å². The summed E-state index contributed by atoms with van der Waals surface area (Å²) in [5.74, 6) is -0.413. The van der Waals surface area contributed by atoms with Gasteiger partial charge in [-0.3, -0.25) is 14.0 Å². The minimum atomic E-state index is -4.40. The van der Waals surface area contributed by atoms with Crippen LogP contribution in [0.4, 0.5) is 18.9 Å². The number of carbonyl (C=O) groups is 1. The van der Waals surface area contributed by atoms with Gasteiger partial charge in [0.15, 0.2) is 4.96 Å². The van der Waals surface area contributed by atoms with Crippen molar-refractivity contribution >= 4 is 27.9 Å². The van der Waals surface area contributed by atoms with Crippen LogP contribution in [0.5, 0.6) is 0 Å². The fraction of sp³-hybridized carbons (Fsp3) is 0.316. The van der Waals surface area contributed by atoms with Gasteiger partial charge in [-0.25, -0.2) is 4.98 Å². The van der Waals surface area contributed by atoms with Crippen LogP contribution >= 0.6 is 11.3 Å². The molecule has 0 bridgehead atoms. The molecule has 0 saturated carbocycles. The van der Waals surface area contributed by atoms with Crippen LogP contribution in [-0.2, 0) is 6.18 Å². The van der Waals surface area contributed by atoms with Crippen LogP contribution in [0.1, 0.15) is 20.8 Å². The number of thiazole rings is 1. The lowest BCUT2D eigenvalue weighted by molar-refractivity contribution is -0.137. The summed E-state index contributed by atoms with van der Waals surface area (Å²) in [7, 11) is 0. The monoisotopic (exact) mass is 422 g/mol. The summed E-state index contributed by atoms with van der Waals surface area (Å²) in [5, 5.41) is 0. The number of rotatable bonds is 2. The highest BCUT2D eigenvalue weighted by molar-refractivity contribution is 7.16. The second-order valence-electron chi connectivity index (χ2n) is 6.80. The Balaban J connectivity index is 1.49. The molecule has 152 valence electrons. The van der Waals surface area contributed by atoms with E-state index in [2.05, 4.69) is 4.98 Å². The number of amides is 1. The van der Waals surface area contributed by atoms with Gasteiger partial charge >= 0.3 is 6.18 Å². The molecule has 3 aromatic rings. The smallest absolute Gasteiger partial charge is 0.368 e. The molecule has 1 amide bonds. The standard InChI is InChI=1S/C19H17F3N4O2S/c1-12-11-26-17(28)15(10-23-18(26)29-12)16(27)25-7-5-24(6-8-25)14-4-2-3-13(9-14)19(20,21)22/h2-4,9-11H,5-8H2,1H3. The van der Waals surface area contributed by atoms with Gasteiger partial charge in [0.25, 0.3) is 11.5 Å². The molecule has 1 aliphatic heterocycles. The highest BCUT2D eigenvalue weighted by Gasteiger charge is 2.31. The van der Waals surface area contributed by atoms with Crippen molar-refractivity contribution in [2.24, 2.45) is 0 Å². The van der Waals surface area contributed by atoms with Crippen LogP contribution in [0.15, 0.2) is 41.5 Å². The first kappa shape index (κ1) is 19.4. The van der Waals surface area contributed by atoms with Crippen LogP contribution in [0.25, 0.3) is 4.96 Å². The molecule has 1 aliphatic rings. The van der Waals surface area contributed by atoms with Gasteiger partial charge in [0, 0.05) is 49.1 Å². The van der Waals surface area contributed by atoms with E-state index in [4.69, 9.17) is 0 Å². The molecule has 0 atom stereocenters. The van der Waals surface area contributed by atoms with Crippen molar-refractivity contribution in [3.05, 3.63) is 63.0 Å². The Hall–Kier alpha value is -2.88. The van der Waals surface area contributed by atoms with Crippen LogP contribution in [-0.4, -0.2) is 46.4 Å². The van der Waals surface area contributed by atoms with Crippen LogP contribution in [0, 0.1) is 6.92 Å². The molecule has 6 nitrogen and oxygen atoms in total. The Morgan fingerprint density at radius 1 is 1.17 bits per heavy atom. The Morgan fingerprint density at radius 3 is 2.59 bits per heavy atom. The number of aryl methyl sites for hydroxylation is 1. The van der Waals surface area contributed by atoms with Gasteiger partial charge in [-0.15, -0.1) is 11.3 Å². The number of aromatic nitrogens is 2. The number of nitrogens with zero attached hydrogens (tertiary/aromatic N) is 4. The fourth-order valence-corrected chi connectivity index (χ4v) is 4.14. The number of piperazine rings is 1. The summed E-state index contributed by atoms with van der Waals surface area (Å²) in [4.78, 5) is 34.4. The zero-order chi connectivity index (χ0) is 20.8. The average Bonchev–Trinajstić information content (AvgIpc) is 3.09. The van der Waals surface area contributed by atoms with Crippen LogP contribution < -0.4 is 10.5 Å². The number of carbonyl (C=O) groups excluding carboxylic acids is 1. The van der Waals surface area contributed by atoms with Gasteiger partial charge in [0.05, 0.1) is 5.56 Å². The fourth-order valence-electron chi connectivity index (χ4n) is 3.36. The molecule has 0 radical (unpaired) electrons. The van der Waals surface area contributed by atoms with E-state index < -0.39 is 23.2 Å². The Bertz CT molecular complexity index is 1130. The molecule has 1 fully saturated rings. The first-order valence-corrected chi connectivity index (χ1v) is 9.75. The Labute approximate surface area is 167 Å². The summed E-state index contributed by atoms with van der Waals surface area (Å²) >= 11 is 1.36. The molecule has 3 heterocycles. The zero-order valence-corrected chi connectivity index (χ0v) is 16.3. The lowest BCUT2D eigenvalue weighted by Crippen LogP contribution is -2.49. The quantitative estimate of drug-likeness (QED) is 0.637. The Kier molecular flexibility index (Phi) is 4.81. The van der Waals surface area contributed by atoms with E-state index in [1.807, 2.05) is 6.92 Å². The van der Waals surface area contributed by atoms with Crippen molar-refractivity contribution in [1.29, 1.82) is 0 Å². The van der Waals surface area contributed by atoms with Gasteiger partial charge in [0.2, 0.25) is 0 Å². The summed E-state index contributed by atoms with van der Waals surface area (Å²) < 4.78 is 40.2. The second kappa shape index (κ2) is 7.18. The molecule has 0 aliphatic carbocycles. The van der Waals surface area contributed by atoms with Crippen molar-refractivity contribution in [3.8, 4) is 0 Å². The molecular formula is C19H17F3N4O2S. The number of alkyl halides is 3. The molecular weight excluding hydrogens is 405 g/mol. The number of halogens is 3. The van der Waals surface area contributed by atoms with E-state index in [0.717, 1.165) is 17.0 Å². The molecule has 4 rings (SSSR count). The third-order valence-corrected chi connectivity index (χ3v) is 5.77. The lowest BCUT2D eigenvalue weighted by Gasteiger charge is -2.36. The molecule has 2 aromatic heterocycles. The topological polar surface area (TPSA) is 57.9 Å². The lowest BCUT2D eigenvalue weighted by atomic mass is 10.1. The predicted molar refractivity (Wildman–Crippen MR) is 104 cm³/mol. The van der Waals surface area contributed by atoms with Gasteiger partial charge < -0.3 is 9.80 Å². The van der Waals surface area contributed by atoms with Gasteiger partial charge in [-0.1, -0.05) is 6.07 Å². The first-order valence-electron chi connectivity index (χ1n) is 8.93. The van der Waals surface area contributed by atoms with Crippen LogP contribution in [0.2, 0.25) is 0 Å². The highest BCUT2D eigenvalue weighted by Crippen LogP contribution is 2.31. The minimum Gasteiger partial charge on any atom is -0.368 e. The largest absolute Gasteiger partial charge is 0.416 e. The van der Waals surface area contributed by atoms with E-state index in [1.165, 1.54) is 32.9 Å². The summed E-state index contributed by atoms with van der Waals surface area (Å²) in [5.41, 5.74) is -0.659. The van der Waals surface area contributed by atoms with Gasteiger partial charge in [0.1, 0.15) is 5.56 Å². The van der Waals surface area contributed by atoms with Crippen molar-refractivity contribution in [3.63, 3.8) is 0 Å². The zero-order valence-electron chi connectivity index (χ0n) is 15.4. The molecule has 1 saturated heterocycles. The maximum Gasteiger partial charge on any atom is 0.416 e. The number of anilines is 1.